The van der Waals surface area contributed by atoms with E-state index in [1.54, 1.807) is 48.5 Å². The van der Waals surface area contributed by atoms with Crippen LogP contribution in [0.4, 0.5) is 14.0 Å². The van der Waals surface area contributed by atoms with Crippen LogP contribution in [0.2, 0.25) is 0 Å². The minimum absolute atomic E-state index is 0.0146. The fraction of sp³-hybridized carbons (Fsp3) is 0.318. The number of ether oxygens (including phenoxy) is 4. The van der Waals surface area contributed by atoms with Crippen molar-refractivity contribution >= 4 is 18.1 Å². The second kappa shape index (κ2) is 10.4. The van der Waals surface area contributed by atoms with Crippen LogP contribution in [-0.4, -0.2) is 37.0 Å². The number of hydrogen-bond donors (Lipinski definition) is 0. The molecule has 0 saturated heterocycles. The molecule has 3 rings (SSSR count). The van der Waals surface area contributed by atoms with E-state index in [0.29, 0.717) is 0 Å². The van der Waals surface area contributed by atoms with E-state index in [1.165, 1.54) is 0 Å². The number of alkyl halides is 1. The summed E-state index contributed by atoms with van der Waals surface area (Å²) in [6.45, 7) is -0.360. The van der Waals surface area contributed by atoms with Gasteiger partial charge in [-0.05, 0) is 11.1 Å². The predicted octanol–water partition coefficient (Wildman–Crippen LogP) is 3.99. The SMILES string of the molecule is O=C(OCc1ccccc1)OC[C@H]1CC(=O)[C@@H](F)[C@@H]1OC(=O)OCc1ccccc1. The fourth-order valence-electron chi connectivity index (χ4n) is 3.01. The first kappa shape index (κ1) is 21.3. The average molecular weight is 416 g/mol. The van der Waals surface area contributed by atoms with Gasteiger partial charge in [-0.1, -0.05) is 60.7 Å². The lowest BCUT2D eigenvalue weighted by Gasteiger charge is -2.20. The van der Waals surface area contributed by atoms with Crippen molar-refractivity contribution in [3.8, 4) is 0 Å². The molecule has 0 aliphatic heterocycles. The van der Waals surface area contributed by atoms with Crippen molar-refractivity contribution in [3.63, 3.8) is 0 Å². The minimum Gasteiger partial charge on any atom is -0.434 e. The summed E-state index contributed by atoms with van der Waals surface area (Å²) in [7, 11) is 0. The number of Topliss-reactive ketones (excluding diaryl/α,β-unsaturated/α-hetero) is 1. The van der Waals surface area contributed by atoms with Crippen LogP contribution in [0, 0.1) is 5.92 Å². The number of benzene rings is 2. The first-order valence-corrected chi connectivity index (χ1v) is 9.40. The first-order chi connectivity index (χ1) is 14.5. The second-order valence-corrected chi connectivity index (χ2v) is 6.77. The van der Waals surface area contributed by atoms with Crippen molar-refractivity contribution in [1.29, 1.82) is 0 Å². The number of carbonyl (C=O) groups is 3. The molecule has 7 nitrogen and oxygen atoms in total. The van der Waals surface area contributed by atoms with Crippen LogP contribution in [0.5, 0.6) is 0 Å². The Labute approximate surface area is 172 Å². The molecular formula is C22H21FO7. The van der Waals surface area contributed by atoms with Crippen LogP contribution in [0.3, 0.4) is 0 Å². The van der Waals surface area contributed by atoms with Gasteiger partial charge in [0.25, 0.3) is 0 Å². The van der Waals surface area contributed by atoms with Crippen LogP contribution in [0.1, 0.15) is 17.5 Å². The van der Waals surface area contributed by atoms with Gasteiger partial charge in [-0.2, -0.15) is 0 Å². The Kier molecular flexibility index (Phi) is 7.37. The summed E-state index contributed by atoms with van der Waals surface area (Å²) in [5, 5.41) is 0. The Bertz CT molecular complexity index is 856. The lowest BCUT2D eigenvalue weighted by Crippen LogP contribution is -2.33. The molecule has 1 aliphatic carbocycles. The van der Waals surface area contributed by atoms with Crippen LogP contribution < -0.4 is 0 Å². The third-order valence-electron chi connectivity index (χ3n) is 4.57. The first-order valence-electron chi connectivity index (χ1n) is 9.40. The van der Waals surface area contributed by atoms with E-state index >= 15 is 0 Å². The van der Waals surface area contributed by atoms with Crippen LogP contribution in [0.15, 0.2) is 60.7 Å². The van der Waals surface area contributed by atoms with Crippen LogP contribution in [0.25, 0.3) is 0 Å². The van der Waals surface area contributed by atoms with Crippen molar-refractivity contribution in [2.45, 2.75) is 31.9 Å². The third-order valence-corrected chi connectivity index (χ3v) is 4.57. The molecule has 1 fully saturated rings. The van der Waals surface area contributed by atoms with Crippen molar-refractivity contribution in [3.05, 3.63) is 71.8 Å². The summed E-state index contributed by atoms with van der Waals surface area (Å²) in [5.74, 6) is -1.54. The van der Waals surface area contributed by atoms with Crippen molar-refractivity contribution in [1.82, 2.24) is 0 Å². The molecule has 2 aromatic rings. The highest BCUT2D eigenvalue weighted by Gasteiger charge is 2.46. The number of carbonyl (C=O) groups excluding carboxylic acids is 3. The summed E-state index contributed by atoms with van der Waals surface area (Å²) in [6, 6.07) is 17.9. The van der Waals surface area contributed by atoms with Crippen LogP contribution in [-0.2, 0) is 37.0 Å². The molecule has 158 valence electrons. The summed E-state index contributed by atoms with van der Waals surface area (Å²) in [5.41, 5.74) is 1.51. The molecule has 30 heavy (non-hydrogen) atoms. The van der Waals surface area contributed by atoms with Crippen molar-refractivity contribution < 1.29 is 37.7 Å². The number of ketones is 1. The molecule has 8 heteroatoms. The molecule has 0 N–H and O–H groups in total. The molecule has 0 unspecified atom stereocenters. The Balaban J connectivity index is 1.46. The van der Waals surface area contributed by atoms with Gasteiger partial charge in [-0.3, -0.25) is 4.79 Å². The van der Waals surface area contributed by atoms with Gasteiger partial charge in [0, 0.05) is 12.3 Å². The summed E-state index contributed by atoms with van der Waals surface area (Å²) >= 11 is 0. The van der Waals surface area contributed by atoms with Gasteiger partial charge in [0.2, 0.25) is 0 Å². The third kappa shape index (κ3) is 6.04. The maximum absolute atomic E-state index is 14.2. The number of rotatable bonds is 7. The standard InChI is InChI=1S/C22H21FO7/c23-19-18(24)11-17(14-29-21(25)27-12-15-7-3-1-4-8-15)20(19)30-22(26)28-13-16-9-5-2-6-10-16/h1-10,17,19-20H,11-14H2/t17-,19-,20-/m1/s1. The van der Waals surface area contributed by atoms with Gasteiger partial charge in [0.05, 0.1) is 0 Å². The lowest BCUT2D eigenvalue weighted by molar-refractivity contribution is -0.123. The van der Waals surface area contributed by atoms with E-state index in [1.807, 2.05) is 12.1 Å². The summed E-state index contributed by atoms with van der Waals surface area (Å²) in [6.07, 6.45) is -5.66. The molecule has 2 aromatic carbocycles. The van der Waals surface area contributed by atoms with Gasteiger partial charge in [0.15, 0.2) is 18.1 Å². The molecule has 0 spiro atoms. The smallest absolute Gasteiger partial charge is 0.434 e. The molecule has 0 heterocycles. The van der Waals surface area contributed by atoms with E-state index in [-0.39, 0.29) is 26.2 Å². The topological polar surface area (TPSA) is 88.1 Å². The molecule has 3 atom stereocenters. The molecule has 0 amide bonds. The predicted molar refractivity (Wildman–Crippen MR) is 102 cm³/mol. The van der Waals surface area contributed by atoms with Crippen LogP contribution >= 0.6 is 0 Å². The van der Waals surface area contributed by atoms with E-state index in [2.05, 4.69) is 0 Å². The second-order valence-electron chi connectivity index (χ2n) is 6.77. The summed E-state index contributed by atoms with van der Waals surface area (Å²) < 4.78 is 34.1. The minimum atomic E-state index is -2.00. The Morgan fingerprint density at radius 1 is 0.833 bits per heavy atom. The van der Waals surface area contributed by atoms with Gasteiger partial charge < -0.3 is 18.9 Å². The van der Waals surface area contributed by atoms with Crippen molar-refractivity contribution in [2.75, 3.05) is 6.61 Å². The maximum atomic E-state index is 14.2. The van der Waals surface area contributed by atoms with Gasteiger partial charge >= 0.3 is 12.3 Å². The highest BCUT2D eigenvalue weighted by atomic mass is 19.1. The maximum Gasteiger partial charge on any atom is 0.509 e. The van der Waals surface area contributed by atoms with E-state index in [4.69, 9.17) is 18.9 Å². The molecule has 1 aliphatic rings. The van der Waals surface area contributed by atoms with Gasteiger partial charge in [0.1, 0.15) is 19.8 Å². The molecule has 0 bridgehead atoms. The monoisotopic (exact) mass is 416 g/mol. The van der Waals surface area contributed by atoms with E-state index < -0.39 is 36.3 Å². The van der Waals surface area contributed by atoms with E-state index in [9.17, 15) is 18.8 Å². The van der Waals surface area contributed by atoms with Gasteiger partial charge in [-0.15, -0.1) is 0 Å². The highest BCUT2D eigenvalue weighted by Crippen LogP contribution is 2.29. The molecule has 0 radical (unpaired) electrons. The largest absolute Gasteiger partial charge is 0.509 e. The zero-order chi connectivity index (χ0) is 21.3. The number of hydrogen-bond acceptors (Lipinski definition) is 7. The molecule has 1 saturated carbocycles. The molecular weight excluding hydrogens is 395 g/mol. The fourth-order valence-corrected chi connectivity index (χ4v) is 3.01. The lowest BCUT2D eigenvalue weighted by atomic mass is 10.1. The highest BCUT2D eigenvalue weighted by molar-refractivity contribution is 5.86. The van der Waals surface area contributed by atoms with E-state index in [0.717, 1.165) is 11.1 Å². The van der Waals surface area contributed by atoms with Gasteiger partial charge in [-0.25, -0.2) is 14.0 Å². The molecule has 0 aromatic heterocycles. The normalized spacial score (nSPS) is 20.4. The zero-order valence-corrected chi connectivity index (χ0v) is 16.1. The Morgan fingerprint density at radius 2 is 1.37 bits per heavy atom. The quantitative estimate of drug-likeness (QED) is 0.631. The Morgan fingerprint density at radius 3 is 1.93 bits per heavy atom. The average Bonchev–Trinajstić information content (AvgIpc) is 3.04. The van der Waals surface area contributed by atoms with Crippen molar-refractivity contribution in [2.24, 2.45) is 5.92 Å². The Hall–Kier alpha value is -3.42. The summed E-state index contributed by atoms with van der Waals surface area (Å²) in [4.78, 5) is 35.4. The zero-order valence-electron chi connectivity index (χ0n) is 16.1. The number of halogens is 1.